The first-order chi connectivity index (χ1) is 9.67. The second-order valence-electron chi connectivity index (χ2n) is 5.69. The highest BCUT2D eigenvalue weighted by Gasteiger charge is 2.38. The molecule has 1 fully saturated rings. The lowest BCUT2D eigenvalue weighted by molar-refractivity contribution is 0.0184. The summed E-state index contributed by atoms with van der Waals surface area (Å²) < 4.78 is 19.6. The van der Waals surface area contributed by atoms with Crippen LogP contribution in [-0.2, 0) is 4.74 Å². The molecule has 3 heteroatoms. The molecule has 2 unspecified atom stereocenters. The zero-order valence-corrected chi connectivity index (χ0v) is 12.8. The maximum atomic E-state index is 13.6. The second kappa shape index (κ2) is 7.19. The summed E-state index contributed by atoms with van der Waals surface area (Å²) in [5, 5.41) is 3.57. The fraction of sp³-hybridized carbons (Fsp3) is 0.647. The molecule has 0 bridgehead atoms. The minimum Gasteiger partial charge on any atom is -0.376 e. The Morgan fingerprint density at radius 3 is 2.70 bits per heavy atom. The molecule has 1 aromatic rings. The largest absolute Gasteiger partial charge is 0.376 e. The van der Waals surface area contributed by atoms with Crippen LogP contribution in [-0.4, -0.2) is 19.3 Å². The first-order valence-corrected chi connectivity index (χ1v) is 7.78. The predicted octanol–water partition coefficient (Wildman–Crippen LogP) is 3.99. The van der Waals surface area contributed by atoms with Gasteiger partial charge in [0.2, 0.25) is 0 Å². The normalized spacial score (nSPS) is 18.0. The van der Waals surface area contributed by atoms with Gasteiger partial charge >= 0.3 is 0 Å². The van der Waals surface area contributed by atoms with Gasteiger partial charge in [-0.15, -0.1) is 0 Å². The molecule has 20 heavy (non-hydrogen) atoms. The van der Waals surface area contributed by atoms with Crippen molar-refractivity contribution in [2.45, 2.75) is 52.2 Å². The van der Waals surface area contributed by atoms with Gasteiger partial charge in [-0.1, -0.05) is 13.0 Å². The molecule has 2 nitrogen and oxygen atoms in total. The Kier molecular flexibility index (Phi) is 5.55. The highest BCUT2D eigenvalue weighted by atomic mass is 19.1. The molecular formula is C17H26FNO. The molecule has 2 atom stereocenters. The molecule has 0 spiro atoms. The van der Waals surface area contributed by atoms with Crippen LogP contribution in [0.4, 0.5) is 4.39 Å². The lowest BCUT2D eigenvalue weighted by atomic mass is 9.94. The first-order valence-electron chi connectivity index (χ1n) is 7.78. The number of ether oxygens (including phenoxy) is 1. The number of aryl methyl sites for hydroxylation is 1. The molecule has 0 amide bonds. The van der Waals surface area contributed by atoms with E-state index in [0.717, 1.165) is 24.1 Å². The van der Waals surface area contributed by atoms with Crippen molar-refractivity contribution < 1.29 is 9.13 Å². The summed E-state index contributed by atoms with van der Waals surface area (Å²) in [4.78, 5) is 0. The predicted molar refractivity (Wildman–Crippen MR) is 80.3 cm³/mol. The Morgan fingerprint density at radius 2 is 2.10 bits per heavy atom. The zero-order chi connectivity index (χ0) is 14.5. The van der Waals surface area contributed by atoms with Crippen molar-refractivity contribution in [2.75, 3.05) is 13.2 Å². The smallest absolute Gasteiger partial charge is 0.123 e. The fourth-order valence-corrected chi connectivity index (χ4v) is 2.77. The number of rotatable bonds is 8. The first kappa shape index (κ1) is 15.5. The second-order valence-corrected chi connectivity index (χ2v) is 5.69. The molecule has 2 rings (SSSR count). The number of nitrogens with one attached hydrogen (secondary N) is 1. The van der Waals surface area contributed by atoms with Crippen LogP contribution in [0.3, 0.4) is 0 Å². The van der Waals surface area contributed by atoms with Crippen molar-refractivity contribution in [1.82, 2.24) is 5.32 Å². The van der Waals surface area contributed by atoms with Gasteiger partial charge in [-0.05, 0) is 68.8 Å². The molecule has 0 radical (unpaired) electrons. The standard InChI is InChI=1S/C17H26FNO/c1-4-10-19-16(17(20-5-2)13-7-8-13)15-11-14(18)9-6-12(15)3/h6,9,11,13,16-17,19H,4-5,7-8,10H2,1-3H3. The van der Waals surface area contributed by atoms with Crippen molar-refractivity contribution in [1.29, 1.82) is 0 Å². The summed E-state index contributed by atoms with van der Waals surface area (Å²) in [7, 11) is 0. The van der Waals surface area contributed by atoms with Gasteiger partial charge in [0, 0.05) is 6.61 Å². The SMILES string of the molecule is CCCNC(c1cc(F)ccc1C)C(OCC)C1CC1. The summed E-state index contributed by atoms with van der Waals surface area (Å²) in [6.45, 7) is 7.86. The third-order valence-electron chi connectivity index (χ3n) is 3.96. The molecule has 1 aliphatic carbocycles. The average molecular weight is 279 g/mol. The fourth-order valence-electron chi connectivity index (χ4n) is 2.77. The summed E-state index contributed by atoms with van der Waals surface area (Å²) in [6, 6.07) is 5.15. The molecule has 1 N–H and O–H groups in total. The molecule has 0 aromatic heterocycles. The Balaban J connectivity index is 2.26. The van der Waals surface area contributed by atoms with Crippen LogP contribution in [0.15, 0.2) is 18.2 Å². The van der Waals surface area contributed by atoms with Crippen LogP contribution in [0.2, 0.25) is 0 Å². The quantitative estimate of drug-likeness (QED) is 0.777. The zero-order valence-electron chi connectivity index (χ0n) is 12.8. The van der Waals surface area contributed by atoms with Gasteiger partial charge in [-0.3, -0.25) is 0 Å². The summed E-state index contributed by atoms with van der Waals surface area (Å²) >= 11 is 0. The average Bonchev–Trinajstić information content (AvgIpc) is 3.26. The Bertz CT molecular complexity index is 431. The third-order valence-corrected chi connectivity index (χ3v) is 3.96. The molecule has 1 aliphatic rings. The van der Waals surface area contributed by atoms with E-state index in [1.165, 1.54) is 18.9 Å². The highest BCUT2D eigenvalue weighted by molar-refractivity contribution is 5.31. The highest BCUT2D eigenvalue weighted by Crippen LogP contribution is 2.40. The van der Waals surface area contributed by atoms with E-state index in [0.29, 0.717) is 12.5 Å². The molecule has 1 aromatic carbocycles. The molecule has 1 saturated carbocycles. The number of halogens is 1. The van der Waals surface area contributed by atoms with Crippen LogP contribution in [0.25, 0.3) is 0 Å². The van der Waals surface area contributed by atoms with Gasteiger partial charge < -0.3 is 10.1 Å². The molecule has 0 aliphatic heterocycles. The maximum Gasteiger partial charge on any atom is 0.123 e. The van der Waals surface area contributed by atoms with Crippen LogP contribution >= 0.6 is 0 Å². The van der Waals surface area contributed by atoms with E-state index in [2.05, 4.69) is 12.2 Å². The summed E-state index contributed by atoms with van der Waals surface area (Å²) in [5.41, 5.74) is 2.18. The Labute approximate surface area is 121 Å². The lowest BCUT2D eigenvalue weighted by Crippen LogP contribution is -2.36. The summed E-state index contributed by atoms with van der Waals surface area (Å²) in [5.74, 6) is 0.451. The van der Waals surface area contributed by atoms with Crippen LogP contribution in [0.1, 0.15) is 50.3 Å². The van der Waals surface area contributed by atoms with E-state index < -0.39 is 0 Å². The van der Waals surface area contributed by atoms with Gasteiger partial charge in [-0.25, -0.2) is 4.39 Å². The molecular weight excluding hydrogens is 253 g/mol. The van der Waals surface area contributed by atoms with Gasteiger partial charge in [0.1, 0.15) is 5.82 Å². The Hall–Kier alpha value is -0.930. The van der Waals surface area contributed by atoms with Crippen molar-refractivity contribution >= 4 is 0 Å². The van der Waals surface area contributed by atoms with Gasteiger partial charge in [0.15, 0.2) is 0 Å². The Morgan fingerprint density at radius 1 is 1.35 bits per heavy atom. The molecule has 0 saturated heterocycles. The van der Waals surface area contributed by atoms with E-state index in [9.17, 15) is 4.39 Å². The summed E-state index contributed by atoms with van der Waals surface area (Å²) in [6.07, 6.45) is 3.67. The minimum absolute atomic E-state index is 0.0955. The van der Waals surface area contributed by atoms with Crippen molar-refractivity contribution in [3.8, 4) is 0 Å². The van der Waals surface area contributed by atoms with Crippen molar-refractivity contribution in [3.05, 3.63) is 35.1 Å². The van der Waals surface area contributed by atoms with Crippen LogP contribution in [0.5, 0.6) is 0 Å². The number of hydrogen-bond donors (Lipinski definition) is 1. The molecule has 112 valence electrons. The van der Waals surface area contributed by atoms with E-state index in [1.807, 2.05) is 19.9 Å². The lowest BCUT2D eigenvalue weighted by Gasteiger charge is -2.29. The van der Waals surface area contributed by atoms with Gasteiger partial charge in [-0.2, -0.15) is 0 Å². The number of benzene rings is 1. The maximum absolute atomic E-state index is 13.6. The topological polar surface area (TPSA) is 21.3 Å². The van der Waals surface area contributed by atoms with E-state index in [4.69, 9.17) is 4.74 Å². The van der Waals surface area contributed by atoms with E-state index >= 15 is 0 Å². The van der Waals surface area contributed by atoms with E-state index in [-0.39, 0.29) is 18.0 Å². The van der Waals surface area contributed by atoms with Crippen LogP contribution < -0.4 is 5.32 Å². The molecule has 0 heterocycles. The van der Waals surface area contributed by atoms with Gasteiger partial charge in [0.05, 0.1) is 12.1 Å². The van der Waals surface area contributed by atoms with Gasteiger partial charge in [0.25, 0.3) is 0 Å². The third kappa shape index (κ3) is 3.80. The van der Waals surface area contributed by atoms with Crippen LogP contribution in [0, 0.1) is 18.7 Å². The number of hydrogen-bond acceptors (Lipinski definition) is 2. The minimum atomic E-state index is -0.167. The van der Waals surface area contributed by atoms with E-state index in [1.54, 1.807) is 6.07 Å². The monoisotopic (exact) mass is 279 g/mol. The van der Waals surface area contributed by atoms with Crippen molar-refractivity contribution in [2.24, 2.45) is 5.92 Å². The van der Waals surface area contributed by atoms with Crippen molar-refractivity contribution in [3.63, 3.8) is 0 Å².